The van der Waals surface area contributed by atoms with Crippen LogP contribution in [0.5, 0.6) is 5.75 Å². The molecule has 0 unspecified atom stereocenters. The van der Waals surface area contributed by atoms with E-state index in [0.29, 0.717) is 51.6 Å². The largest absolute Gasteiger partial charge is 0.496 e. The topological polar surface area (TPSA) is 105 Å². The number of methoxy groups -OCH3 is 1. The number of alkyl halides is 6. The van der Waals surface area contributed by atoms with Gasteiger partial charge in [-0.05, 0) is 66.1 Å². The van der Waals surface area contributed by atoms with Gasteiger partial charge in [0.2, 0.25) is 0 Å². The van der Waals surface area contributed by atoms with Gasteiger partial charge in [-0.25, -0.2) is 19.6 Å². The fourth-order valence-corrected chi connectivity index (χ4v) is 5.56. The van der Waals surface area contributed by atoms with Crippen molar-refractivity contribution < 1.29 is 50.5 Å². The molecule has 2 saturated heterocycles. The molecule has 49 heavy (non-hydrogen) atoms. The van der Waals surface area contributed by atoms with Gasteiger partial charge in [0.15, 0.2) is 6.10 Å². The van der Waals surface area contributed by atoms with E-state index in [-0.39, 0.29) is 24.0 Å². The van der Waals surface area contributed by atoms with Crippen LogP contribution in [0.1, 0.15) is 45.4 Å². The highest BCUT2D eigenvalue weighted by Crippen LogP contribution is 2.43. The first-order valence-corrected chi connectivity index (χ1v) is 14.7. The molecule has 1 N–H and O–H groups in total. The number of amides is 1. The molecule has 2 aliphatic rings. The molecular formula is C34H26F6N4O5. The maximum Gasteiger partial charge on any atom is 0.416 e. The predicted octanol–water partition coefficient (Wildman–Crippen LogP) is 7.97. The smallest absolute Gasteiger partial charge is 0.416 e. The monoisotopic (exact) mass is 684 g/mol. The van der Waals surface area contributed by atoms with Gasteiger partial charge >= 0.3 is 24.4 Å². The Morgan fingerprint density at radius 2 is 1.63 bits per heavy atom. The second-order valence-electron chi connectivity index (χ2n) is 11.3. The minimum atomic E-state index is -5.10. The predicted molar refractivity (Wildman–Crippen MR) is 164 cm³/mol. The molecule has 6 rings (SSSR count). The molecule has 4 aromatic rings. The van der Waals surface area contributed by atoms with E-state index in [1.54, 1.807) is 36.4 Å². The summed E-state index contributed by atoms with van der Waals surface area (Å²) in [5.41, 5.74) is -1.36. The SMILES string of the molecule is C=C1[C@@H](c2cc(C(F)(F)F)cc(C(F)(F)F)c2)OC(=O)N1Cc1nc(N2CCC2)ccc1-c1cc(-c2ccc(C(=O)O)nc2)ccc1OC. The zero-order chi connectivity index (χ0) is 35.2. The number of hydrogen-bond donors (Lipinski definition) is 1. The average molecular weight is 685 g/mol. The third-order valence-electron chi connectivity index (χ3n) is 8.25. The minimum absolute atomic E-state index is 0.00361. The molecule has 1 amide bonds. The number of halogens is 6. The van der Waals surface area contributed by atoms with E-state index in [9.17, 15) is 41.0 Å². The molecule has 1 atom stereocenters. The third-order valence-corrected chi connectivity index (χ3v) is 8.25. The Morgan fingerprint density at radius 3 is 2.18 bits per heavy atom. The lowest BCUT2D eigenvalue weighted by atomic mass is 9.97. The number of ether oxygens (including phenoxy) is 2. The summed E-state index contributed by atoms with van der Waals surface area (Å²) in [6.45, 7) is 5.01. The Bertz CT molecular complexity index is 1930. The van der Waals surface area contributed by atoms with E-state index in [1.165, 1.54) is 19.4 Å². The molecule has 2 aromatic carbocycles. The molecule has 9 nitrogen and oxygen atoms in total. The van der Waals surface area contributed by atoms with Crippen molar-refractivity contribution in [3.8, 4) is 28.0 Å². The fraction of sp³-hybridized carbons (Fsp3) is 0.235. The summed E-state index contributed by atoms with van der Waals surface area (Å²) in [7, 11) is 1.46. The third kappa shape index (κ3) is 6.60. The normalized spacial score (nSPS) is 16.4. The maximum absolute atomic E-state index is 13.6. The number of carboxylic acids is 1. The fourth-order valence-electron chi connectivity index (χ4n) is 5.56. The van der Waals surface area contributed by atoms with Crippen LogP contribution in [0.4, 0.5) is 37.0 Å². The number of nitrogens with zero attached hydrogens (tertiary/aromatic N) is 4. The number of aromatic carboxylic acids is 1. The van der Waals surface area contributed by atoms with Crippen LogP contribution in [-0.2, 0) is 23.6 Å². The molecule has 2 aliphatic heterocycles. The molecule has 4 heterocycles. The van der Waals surface area contributed by atoms with Crippen LogP contribution in [0.25, 0.3) is 22.3 Å². The molecule has 254 valence electrons. The van der Waals surface area contributed by atoms with Crippen LogP contribution in [0.15, 0.2) is 79.1 Å². The molecular weight excluding hydrogens is 658 g/mol. The van der Waals surface area contributed by atoms with Crippen molar-refractivity contribution in [2.75, 3.05) is 25.1 Å². The Hall–Kier alpha value is -5.60. The first kappa shape index (κ1) is 33.3. The molecule has 0 aliphatic carbocycles. The van der Waals surface area contributed by atoms with Crippen molar-refractivity contribution in [2.45, 2.75) is 31.4 Å². The molecule has 2 fully saturated rings. The zero-order valence-corrected chi connectivity index (χ0v) is 25.6. The van der Waals surface area contributed by atoms with E-state index >= 15 is 0 Å². The van der Waals surface area contributed by atoms with Gasteiger partial charge in [-0.2, -0.15) is 26.3 Å². The molecule has 2 aromatic heterocycles. The zero-order valence-electron chi connectivity index (χ0n) is 25.6. The van der Waals surface area contributed by atoms with Crippen molar-refractivity contribution in [3.63, 3.8) is 0 Å². The van der Waals surface area contributed by atoms with E-state index in [4.69, 9.17) is 14.5 Å². The van der Waals surface area contributed by atoms with Crippen LogP contribution < -0.4 is 9.64 Å². The Labute approximate surface area is 275 Å². The van der Waals surface area contributed by atoms with E-state index < -0.39 is 47.2 Å². The van der Waals surface area contributed by atoms with Crippen molar-refractivity contribution in [1.29, 1.82) is 0 Å². The van der Waals surface area contributed by atoms with Crippen LogP contribution >= 0.6 is 0 Å². The highest BCUT2D eigenvalue weighted by Gasteiger charge is 2.42. The summed E-state index contributed by atoms with van der Waals surface area (Å²) in [6.07, 6.45) is -10.5. The number of rotatable bonds is 8. The van der Waals surface area contributed by atoms with Crippen molar-refractivity contribution in [3.05, 3.63) is 107 Å². The summed E-state index contributed by atoms with van der Waals surface area (Å²) in [5.74, 6) is -0.169. The van der Waals surface area contributed by atoms with Gasteiger partial charge < -0.3 is 19.5 Å². The van der Waals surface area contributed by atoms with Crippen LogP contribution in [0, 0.1) is 0 Å². The average Bonchev–Trinajstić information content (AvgIpc) is 3.31. The standard InChI is InChI=1S/C34H26F6N4O5/c1-18-30(21-12-22(33(35,36)37)15-23(13-21)34(38,39)40)49-32(47)44(18)17-27-24(6-9-29(42-27)43-10-3-11-43)25-14-19(5-8-28(25)48-2)20-4-7-26(31(45)46)41-16-20/h4-9,12-16,30H,1,3,10-11,17H2,2H3,(H,45,46)/t30-/m0/s1. The molecule has 0 bridgehead atoms. The van der Waals surface area contributed by atoms with Gasteiger partial charge in [0, 0.05) is 36.0 Å². The number of benzene rings is 2. The number of carbonyl (C=O) groups excluding carboxylic acids is 1. The number of carboxylic acid groups (broad SMARTS) is 1. The van der Waals surface area contributed by atoms with Gasteiger partial charge in [-0.3, -0.25) is 4.90 Å². The summed E-state index contributed by atoms with van der Waals surface area (Å²) in [6, 6.07) is 12.7. The van der Waals surface area contributed by atoms with Crippen LogP contribution in [0.3, 0.4) is 0 Å². The second-order valence-corrected chi connectivity index (χ2v) is 11.3. The lowest BCUT2D eigenvalue weighted by Gasteiger charge is -2.32. The van der Waals surface area contributed by atoms with Gasteiger partial charge in [-0.1, -0.05) is 18.7 Å². The molecule has 0 saturated carbocycles. The Balaban J connectivity index is 1.39. The number of hydrogen-bond acceptors (Lipinski definition) is 7. The van der Waals surface area contributed by atoms with Crippen LogP contribution in [0.2, 0.25) is 0 Å². The summed E-state index contributed by atoms with van der Waals surface area (Å²) >= 11 is 0. The number of pyridine rings is 2. The highest BCUT2D eigenvalue weighted by atomic mass is 19.4. The quantitative estimate of drug-likeness (QED) is 0.187. The Kier molecular flexibility index (Phi) is 8.46. The summed E-state index contributed by atoms with van der Waals surface area (Å²) in [4.78, 5) is 36.3. The van der Waals surface area contributed by atoms with Gasteiger partial charge in [0.05, 0.1) is 36.2 Å². The van der Waals surface area contributed by atoms with Gasteiger partial charge in [0.25, 0.3) is 0 Å². The summed E-state index contributed by atoms with van der Waals surface area (Å²) in [5, 5.41) is 9.22. The van der Waals surface area contributed by atoms with E-state index in [1.807, 2.05) is 4.90 Å². The number of aromatic nitrogens is 2. The molecule has 15 heteroatoms. The first-order chi connectivity index (χ1) is 23.1. The molecule has 0 spiro atoms. The van der Waals surface area contributed by atoms with Gasteiger partial charge in [0.1, 0.15) is 17.3 Å². The van der Waals surface area contributed by atoms with Crippen molar-refractivity contribution >= 4 is 17.9 Å². The van der Waals surface area contributed by atoms with Crippen molar-refractivity contribution in [1.82, 2.24) is 14.9 Å². The Morgan fingerprint density at radius 1 is 0.959 bits per heavy atom. The van der Waals surface area contributed by atoms with Gasteiger partial charge in [-0.15, -0.1) is 0 Å². The lowest BCUT2D eigenvalue weighted by Crippen LogP contribution is -2.37. The van der Waals surface area contributed by atoms with E-state index in [2.05, 4.69) is 11.6 Å². The summed E-state index contributed by atoms with van der Waals surface area (Å²) < 4.78 is 92.5. The highest BCUT2D eigenvalue weighted by molar-refractivity contribution is 5.86. The van der Waals surface area contributed by atoms with Crippen LogP contribution in [-0.4, -0.2) is 52.2 Å². The second kappa shape index (κ2) is 12.5. The maximum atomic E-state index is 13.6. The number of anilines is 1. The number of cyclic esters (lactones) is 1. The lowest BCUT2D eigenvalue weighted by molar-refractivity contribution is -0.143. The van der Waals surface area contributed by atoms with E-state index in [0.717, 1.165) is 24.4 Å². The minimum Gasteiger partial charge on any atom is -0.496 e. The number of carbonyl (C=O) groups is 2. The first-order valence-electron chi connectivity index (χ1n) is 14.7. The molecule has 0 radical (unpaired) electrons. The van der Waals surface area contributed by atoms with Crippen molar-refractivity contribution in [2.24, 2.45) is 0 Å².